The van der Waals surface area contributed by atoms with Gasteiger partial charge in [-0.1, -0.05) is 0 Å². The molecule has 1 atom stereocenters. The Morgan fingerprint density at radius 3 is 2.45 bits per heavy atom. The van der Waals surface area contributed by atoms with E-state index in [1.807, 2.05) is 14.0 Å². The highest BCUT2D eigenvalue weighted by atomic mass is 15.1. The highest BCUT2D eigenvalue weighted by Crippen LogP contribution is 2.19. The molecule has 1 heterocycles. The van der Waals surface area contributed by atoms with E-state index in [9.17, 15) is 0 Å². The van der Waals surface area contributed by atoms with E-state index in [-0.39, 0.29) is 5.54 Å². The fraction of sp³-hybridized carbons (Fsp3) is 0.938. The zero-order valence-corrected chi connectivity index (χ0v) is 13.8. The highest BCUT2D eigenvalue weighted by Gasteiger charge is 2.21. The Morgan fingerprint density at radius 1 is 1.30 bits per heavy atom. The lowest BCUT2D eigenvalue weighted by atomic mass is 9.95. The van der Waals surface area contributed by atoms with Crippen molar-refractivity contribution in [3.8, 4) is 6.07 Å². The van der Waals surface area contributed by atoms with Gasteiger partial charge in [-0.3, -0.25) is 0 Å². The highest BCUT2D eigenvalue weighted by molar-refractivity contribution is 5.02. The van der Waals surface area contributed by atoms with Crippen LogP contribution >= 0.6 is 0 Å². The normalized spacial score (nSPS) is 20.8. The summed E-state index contributed by atoms with van der Waals surface area (Å²) in [7, 11) is 6.21. The lowest BCUT2D eigenvalue weighted by molar-refractivity contribution is 0.160. The molecule has 0 aromatic heterocycles. The molecule has 4 nitrogen and oxygen atoms in total. The molecule has 1 aliphatic heterocycles. The van der Waals surface area contributed by atoms with Crippen molar-refractivity contribution in [3.05, 3.63) is 0 Å². The Hall–Kier alpha value is -0.630. The number of piperidine rings is 1. The minimum atomic E-state index is -0.349. The average Bonchev–Trinajstić information content (AvgIpc) is 2.44. The lowest BCUT2D eigenvalue weighted by Gasteiger charge is -2.33. The monoisotopic (exact) mass is 280 g/mol. The fourth-order valence-corrected chi connectivity index (χ4v) is 2.96. The molecular weight excluding hydrogens is 248 g/mol. The Kier molecular flexibility index (Phi) is 7.50. The first-order valence-electron chi connectivity index (χ1n) is 7.96. The molecular formula is C16H32N4. The standard InChI is InChI=1S/C16H32N4/c1-16(14-17,18-2)9-5-6-10-20-11-7-15(8-12-20)13-19(3)4/h15,18H,5-13H2,1-4H3. The number of rotatable bonds is 8. The van der Waals surface area contributed by atoms with Crippen LogP contribution in [-0.4, -0.2) is 62.7 Å². The van der Waals surface area contributed by atoms with Gasteiger partial charge in [-0.05, 0) is 85.7 Å². The van der Waals surface area contributed by atoms with Crippen LogP contribution in [0.3, 0.4) is 0 Å². The number of hydrogen-bond acceptors (Lipinski definition) is 4. The molecule has 116 valence electrons. The first kappa shape index (κ1) is 17.4. The van der Waals surface area contributed by atoms with E-state index in [1.165, 1.54) is 45.4 Å². The van der Waals surface area contributed by atoms with Crippen LogP contribution in [0.4, 0.5) is 0 Å². The van der Waals surface area contributed by atoms with Gasteiger partial charge in [0.1, 0.15) is 5.54 Å². The topological polar surface area (TPSA) is 42.3 Å². The molecule has 0 aliphatic carbocycles. The van der Waals surface area contributed by atoms with E-state index in [1.54, 1.807) is 0 Å². The number of unbranched alkanes of at least 4 members (excludes halogenated alkanes) is 1. The SMILES string of the molecule is CNC(C)(C#N)CCCCN1CCC(CN(C)C)CC1. The first-order chi connectivity index (χ1) is 9.49. The first-order valence-corrected chi connectivity index (χ1v) is 7.96. The van der Waals surface area contributed by atoms with Crippen LogP contribution < -0.4 is 5.32 Å². The predicted octanol–water partition coefficient (Wildman–Crippen LogP) is 1.93. The molecule has 1 aliphatic rings. The summed E-state index contributed by atoms with van der Waals surface area (Å²) in [6.45, 7) is 6.91. The van der Waals surface area contributed by atoms with Crippen LogP contribution in [0.1, 0.15) is 39.0 Å². The van der Waals surface area contributed by atoms with Gasteiger partial charge in [-0.15, -0.1) is 0 Å². The molecule has 20 heavy (non-hydrogen) atoms. The zero-order valence-electron chi connectivity index (χ0n) is 13.8. The van der Waals surface area contributed by atoms with Gasteiger partial charge in [-0.25, -0.2) is 0 Å². The fourth-order valence-electron chi connectivity index (χ4n) is 2.96. The molecule has 0 amide bonds. The van der Waals surface area contributed by atoms with Crippen molar-refractivity contribution < 1.29 is 0 Å². The average molecular weight is 280 g/mol. The Bertz CT molecular complexity index is 302. The zero-order chi connectivity index (χ0) is 15.0. The summed E-state index contributed by atoms with van der Waals surface area (Å²) < 4.78 is 0. The Labute approximate surface area is 125 Å². The molecule has 1 N–H and O–H groups in total. The van der Waals surface area contributed by atoms with E-state index < -0.39 is 0 Å². The van der Waals surface area contributed by atoms with Gasteiger partial charge in [0.15, 0.2) is 0 Å². The van der Waals surface area contributed by atoms with Crippen molar-refractivity contribution in [2.75, 3.05) is 47.3 Å². The molecule has 0 aromatic carbocycles. The van der Waals surface area contributed by atoms with Crippen molar-refractivity contribution in [2.24, 2.45) is 5.92 Å². The number of nitrogens with zero attached hydrogens (tertiary/aromatic N) is 3. The second-order valence-corrected chi connectivity index (χ2v) is 6.70. The third-order valence-electron chi connectivity index (χ3n) is 4.53. The van der Waals surface area contributed by atoms with Gasteiger partial charge in [0.2, 0.25) is 0 Å². The van der Waals surface area contributed by atoms with Crippen LogP contribution in [0.15, 0.2) is 0 Å². The van der Waals surface area contributed by atoms with E-state index in [4.69, 9.17) is 5.26 Å². The predicted molar refractivity (Wildman–Crippen MR) is 84.6 cm³/mol. The molecule has 1 saturated heterocycles. The summed E-state index contributed by atoms with van der Waals surface area (Å²) in [5.74, 6) is 0.882. The summed E-state index contributed by atoms with van der Waals surface area (Å²) in [4.78, 5) is 4.90. The Morgan fingerprint density at radius 2 is 1.95 bits per heavy atom. The van der Waals surface area contributed by atoms with Crippen LogP contribution in [0.5, 0.6) is 0 Å². The maximum absolute atomic E-state index is 9.11. The van der Waals surface area contributed by atoms with Crippen LogP contribution in [0, 0.1) is 17.2 Å². The van der Waals surface area contributed by atoms with Gasteiger partial charge in [-0.2, -0.15) is 5.26 Å². The van der Waals surface area contributed by atoms with Crippen molar-refractivity contribution >= 4 is 0 Å². The lowest BCUT2D eigenvalue weighted by Crippen LogP contribution is -2.39. The maximum Gasteiger partial charge on any atom is 0.103 e. The van der Waals surface area contributed by atoms with Gasteiger partial charge in [0.05, 0.1) is 6.07 Å². The van der Waals surface area contributed by atoms with Crippen molar-refractivity contribution in [2.45, 2.75) is 44.6 Å². The molecule has 1 fully saturated rings. The number of likely N-dealkylation sites (tertiary alicyclic amines) is 1. The largest absolute Gasteiger partial charge is 0.309 e. The van der Waals surface area contributed by atoms with Gasteiger partial charge < -0.3 is 15.1 Å². The van der Waals surface area contributed by atoms with Crippen molar-refractivity contribution in [3.63, 3.8) is 0 Å². The molecule has 0 radical (unpaired) electrons. The molecule has 1 rings (SSSR count). The minimum Gasteiger partial charge on any atom is -0.309 e. The van der Waals surface area contributed by atoms with Crippen molar-refractivity contribution in [1.29, 1.82) is 5.26 Å². The molecule has 0 aromatic rings. The molecule has 1 unspecified atom stereocenters. The molecule has 0 saturated carbocycles. The molecule has 0 bridgehead atoms. The second kappa shape index (κ2) is 8.61. The van der Waals surface area contributed by atoms with E-state index in [2.05, 4.69) is 35.3 Å². The third-order valence-corrected chi connectivity index (χ3v) is 4.53. The summed E-state index contributed by atoms with van der Waals surface area (Å²) in [6.07, 6.45) is 5.95. The number of hydrogen-bond donors (Lipinski definition) is 1. The van der Waals surface area contributed by atoms with Gasteiger partial charge in [0.25, 0.3) is 0 Å². The smallest absolute Gasteiger partial charge is 0.103 e. The Balaban J connectivity index is 2.12. The molecule has 0 spiro atoms. The number of nitrogens with one attached hydrogen (secondary N) is 1. The third kappa shape index (κ3) is 6.21. The van der Waals surface area contributed by atoms with E-state index >= 15 is 0 Å². The summed E-state index contributed by atoms with van der Waals surface area (Å²) in [5, 5.41) is 12.2. The van der Waals surface area contributed by atoms with E-state index in [0.29, 0.717) is 0 Å². The summed E-state index contributed by atoms with van der Waals surface area (Å²) >= 11 is 0. The summed E-state index contributed by atoms with van der Waals surface area (Å²) in [6, 6.07) is 2.36. The van der Waals surface area contributed by atoms with E-state index in [0.717, 1.165) is 18.8 Å². The van der Waals surface area contributed by atoms with Gasteiger partial charge in [0, 0.05) is 6.54 Å². The van der Waals surface area contributed by atoms with Crippen molar-refractivity contribution in [1.82, 2.24) is 15.1 Å². The maximum atomic E-state index is 9.11. The van der Waals surface area contributed by atoms with Gasteiger partial charge >= 0.3 is 0 Å². The van der Waals surface area contributed by atoms with Crippen LogP contribution in [0.25, 0.3) is 0 Å². The van der Waals surface area contributed by atoms with Crippen LogP contribution in [-0.2, 0) is 0 Å². The summed E-state index contributed by atoms with van der Waals surface area (Å²) in [5.41, 5.74) is -0.349. The molecule has 4 heteroatoms. The number of nitriles is 1. The minimum absolute atomic E-state index is 0.349. The van der Waals surface area contributed by atoms with Crippen LogP contribution in [0.2, 0.25) is 0 Å². The second-order valence-electron chi connectivity index (χ2n) is 6.70. The quantitative estimate of drug-likeness (QED) is 0.690.